The topological polar surface area (TPSA) is 78.5 Å². The van der Waals surface area contributed by atoms with Crippen molar-refractivity contribution in [2.75, 3.05) is 4.90 Å². The summed E-state index contributed by atoms with van der Waals surface area (Å²) in [7, 11) is 0. The van der Waals surface area contributed by atoms with Crippen molar-refractivity contribution in [1.82, 2.24) is 10.6 Å². The number of hydrogen-bond donors (Lipinski definition) is 2. The number of anilines is 1. The van der Waals surface area contributed by atoms with Crippen LogP contribution in [0.15, 0.2) is 72.8 Å². The maximum atomic E-state index is 14.0. The van der Waals surface area contributed by atoms with E-state index < -0.39 is 42.2 Å². The molecule has 3 amide bonds. The summed E-state index contributed by atoms with van der Waals surface area (Å²) in [5.41, 5.74) is 3.05. The molecule has 1 aliphatic rings. The Morgan fingerprint density at radius 2 is 1.70 bits per heavy atom. The summed E-state index contributed by atoms with van der Waals surface area (Å²) in [6.45, 7) is 3.90. The van der Waals surface area contributed by atoms with Crippen LogP contribution in [0.25, 0.3) is 0 Å². The molecule has 1 unspecified atom stereocenters. The molecule has 40 heavy (non-hydrogen) atoms. The molecule has 6 nitrogen and oxygen atoms in total. The molecule has 2 N–H and O–H groups in total. The SMILES string of the molecule is CC(C)N1C(=O)[C@H](NC(=O)C(Cc2cccc(F)c2)NC(=O)c2cccc[c]2[Sn]([CH3])([CH3])[CH3])CCc2ccccc21. The van der Waals surface area contributed by atoms with E-state index in [1.165, 1.54) is 12.1 Å². The van der Waals surface area contributed by atoms with E-state index in [1.807, 2.05) is 56.3 Å². The zero-order valence-electron chi connectivity index (χ0n) is 23.8. The van der Waals surface area contributed by atoms with Gasteiger partial charge in [-0.2, -0.15) is 0 Å². The number of carbonyl (C=O) groups is 3. The van der Waals surface area contributed by atoms with Crippen molar-refractivity contribution < 1.29 is 18.8 Å². The van der Waals surface area contributed by atoms with E-state index in [4.69, 9.17) is 0 Å². The van der Waals surface area contributed by atoms with Crippen molar-refractivity contribution >= 4 is 45.4 Å². The molecule has 0 aliphatic carbocycles. The standard InChI is InChI=1S/C29H29FN3O3.3CH3.Sn/c1-19(2)33-26-14-7-6-10-21(26)15-16-24(29(33)36)31-28(35)25(18-20-9-8-13-23(30)17-20)32-27(34)22-11-4-3-5-12-22;;;;/h3-11,13-14,17,19,24-25H,15-16,18H2,1-2H3,(H,31,35)(H,32,34);3*1H3;/t24-,25?;;;;/m1..../s1. The maximum absolute atomic E-state index is 14.0. The van der Waals surface area contributed by atoms with Gasteiger partial charge < -0.3 is 0 Å². The van der Waals surface area contributed by atoms with E-state index in [1.54, 1.807) is 23.1 Å². The van der Waals surface area contributed by atoms with E-state index >= 15 is 0 Å². The number of nitrogens with zero attached hydrogens (tertiary/aromatic N) is 1. The van der Waals surface area contributed by atoms with Crippen molar-refractivity contribution in [2.24, 2.45) is 0 Å². The average Bonchev–Trinajstić information content (AvgIpc) is 3.04. The van der Waals surface area contributed by atoms with Crippen LogP contribution in [-0.2, 0) is 22.4 Å². The second-order valence-electron chi connectivity index (χ2n) is 11.7. The van der Waals surface area contributed by atoms with Gasteiger partial charge in [0.1, 0.15) is 0 Å². The van der Waals surface area contributed by atoms with Crippen LogP contribution < -0.4 is 19.1 Å². The van der Waals surface area contributed by atoms with Crippen LogP contribution in [0.4, 0.5) is 10.1 Å². The van der Waals surface area contributed by atoms with Gasteiger partial charge in [0, 0.05) is 0 Å². The number of benzene rings is 3. The number of rotatable bonds is 8. The molecule has 0 saturated heterocycles. The van der Waals surface area contributed by atoms with Gasteiger partial charge in [-0.25, -0.2) is 0 Å². The molecule has 0 aromatic heterocycles. The number of aryl methyl sites for hydroxylation is 1. The number of amides is 3. The quantitative estimate of drug-likeness (QED) is 0.351. The van der Waals surface area contributed by atoms with Crippen molar-refractivity contribution in [3.63, 3.8) is 0 Å². The molecule has 2 atom stereocenters. The van der Waals surface area contributed by atoms with Crippen molar-refractivity contribution in [3.05, 3.63) is 95.3 Å². The Morgan fingerprint density at radius 1 is 1.00 bits per heavy atom. The summed E-state index contributed by atoms with van der Waals surface area (Å²) < 4.78 is 15.1. The Morgan fingerprint density at radius 3 is 2.40 bits per heavy atom. The van der Waals surface area contributed by atoms with Gasteiger partial charge in [0.15, 0.2) is 0 Å². The van der Waals surface area contributed by atoms with Crippen LogP contribution in [0.3, 0.4) is 0 Å². The van der Waals surface area contributed by atoms with E-state index in [0.29, 0.717) is 24.0 Å². The fourth-order valence-corrected chi connectivity index (χ4v) is 9.86. The molecule has 0 saturated carbocycles. The van der Waals surface area contributed by atoms with E-state index in [-0.39, 0.29) is 24.3 Å². The molecular weight excluding hydrogens is 612 g/mol. The Kier molecular flexibility index (Phi) is 9.33. The molecule has 3 aromatic rings. The monoisotopic (exact) mass is 651 g/mol. The van der Waals surface area contributed by atoms with E-state index in [0.717, 1.165) is 14.8 Å². The summed E-state index contributed by atoms with van der Waals surface area (Å²) in [5.74, 6) is -1.42. The molecule has 3 aromatic carbocycles. The van der Waals surface area contributed by atoms with Gasteiger partial charge in [0.05, 0.1) is 0 Å². The molecule has 1 aliphatic heterocycles. The number of hydrogen-bond acceptors (Lipinski definition) is 3. The molecule has 4 rings (SSSR count). The first-order valence-electron chi connectivity index (χ1n) is 13.8. The summed E-state index contributed by atoms with van der Waals surface area (Å²) in [6, 6.07) is 19.5. The van der Waals surface area contributed by atoms with Crippen molar-refractivity contribution in [3.8, 4) is 0 Å². The Balaban J connectivity index is 1.62. The van der Waals surface area contributed by atoms with Crippen LogP contribution in [0, 0.1) is 5.82 Å². The molecule has 0 radical (unpaired) electrons. The normalized spacial score (nSPS) is 16.2. The number of fused-ring (bicyclic) bond motifs is 1. The Bertz CT molecular complexity index is 1400. The van der Waals surface area contributed by atoms with Gasteiger partial charge in [0.2, 0.25) is 0 Å². The molecular formula is C32H38FN3O3Sn. The number of carbonyl (C=O) groups excluding carboxylic acids is 3. The van der Waals surface area contributed by atoms with Gasteiger partial charge in [-0.05, 0) is 0 Å². The first-order valence-corrected chi connectivity index (χ1v) is 23.8. The van der Waals surface area contributed by atoms with Crippen LogP contribution in [0.2, 0.25) is 14.8 Å². The van der Waals surface area contributed by atoms with Gasteiger partial charge in [-0.1, -0.05) is 12.1 Å². The second kappa shape index (κ2) is 12.5. The van der Waals surface area contributed by atoms with Crippen LogP contribution >= 0.6 is 0 Å². The summed E-state index contributed by atoms with van der Waals surface area (Å²) in [5, 5.41) is 5.86. The Hall–Kier alpha value is -3.20. The third-order valence-corrected chi connectivity index (χ3v) is 13.1. The average molecular weight is 650 g/mol. The van der Waals surface area contributed by atoms with Gasteiger partial charge in [-0.15, -0.1) is 0 Å². The molecule has 8 heteroatoms. The summed E-state index contributed by atoms with van der Waals surface area (Å²) in [4.78, 5) is 49.5. The fraction of sp³-hybridized carbons (Fsp3) is 0.344. The van der Waals surface area contributed by atoms with E-state index in [2.05, 4.69) is 25.5 Å². The van der Waals surface area contributed by atoms with Crippen LogP contribution in [-0.4, -0.2) is 54.2 Å². The fourth-order valence-electron chi connectivity index (χ4n) is 5.29. The molecule has 210 valence electrons. The van der Waals surface area contributed by atoms with E-state index in [9.17, 15) is 18.8 Å². The van der Waals surface area contributed by atoms with Crippen LogP contribution in [0.5, 0.6) is 0 Å². The summed E-state index contributed by atoms with van der Waals surface area (Å²) >= 11 is -2.66. The molecule has 0 fully saturated rings. The van der Waals surface area contributed by atoms with Gasteiger partial charge in [-0.3, -0.25) is 0 Å². The third-order valence-electron chi connectivity index (χ3n) is 7.25. The molecule has 1 heterocycles. The molecule has 0 spiro atoms. The Labute approximate surface area is 240 Å². The zero-order chi connectivity index (χ0) is 29.0. The zero-order valence-corrected chi connectivity index (χ0v) is 26.7. The minimum atomic E-state index is -2.66. The predicted octanol–water partition coefficient (Wildman–Crippen LogP) is 4.58. The predicted molar refractivity (Wildman–Crippen MR) is 160 cm³/mol. The third kappa shape index (κ3) is 6.92. The van der Waals surface area contributed by atoms with Crippen molar-refractivity contribution in [1.29, 1.82) is 0 Å². The number of para-hydroxylation sites is 1. The molecule has 0 bridgehead atoms. The number of halogens is 1. The van der Waals surface area contributed by atoms with Crippen LogP contribution in [0.1, 0.15) is 41.8 Å². The van der Waals surface area contributed by atoms with Crippen molar-refractivity contribution in [2.45, 2.75) is 66.1 Å². The van der Waals surface area contributed by atoms with Gasteiger partial charge >= 0.3 is 229 Å². The first-order chi connectivity index (χ1) is 19.0. The minimum absolute atomic E-state index is 0.0886. The second-order valence-corrected chi connectivity index (χ2v) is 26.1. The number of nitrogens with one attached hydrogen (secondary N) is 2. The summed E-state index contributed by atoms with van der Waals surface area (Å²) in [6.07, 6.45) is 1.15. The van der Waals surface area contributed by atoms with Gasteiger partial charge in [0.25, 0.3) is 0 Å². The first kappa shape index (κ1) is 29.8.